The second-order valence-electron chi connectivity index (χ2n) is 8.49. The highest BCUT2D eigenvalue weighted by molar-refractivity contribution is 5.95. The zero-order valence-corrected chi connectivity index (χ0v) is 18.8. The Hall–Kier alpha value is -4.25. The predicted octanol–water partition coefficient (Wildman–Crippen LogP) is 4.02. The maximum absolute atomic E-state index is 13.3. The van der Waals surface area contributed by atoms with Crippen molar-refractivity contribution in [1.29, 1.82) is 5.26 Å². The van der Waals surface area contributed by atoms with Gasteiger partial charge in [0.25, 0.3) is 0 Å². The lowest BCUT2D eigenvalue weighted by Gasteiger charge is -2.37. The average molecular weight is 455 g/mol. The molecular formula is C26H26N6O2. The Morgan fingerprint density at radius 3 is 2.53 bits per heavy atom. The van der Waals surface area contributed by atoms with Crippen LogP contribution in [-0.2, 0) is 16.8 Å². The van der Waals surface area contributed by atoms with Crippen LogP contribution in [0.25, 0.3) is 11.1 Å². The smallest absolute Gasteiger partial charge is 0.320 e. The van der Waals surface area contributed by atoms with Gasteiger partial charge in [0.2, 0.25) is 11.7 Å². The minimum Gasteiger partial charge on any atom is -0.369 e. The predicted molar refractivity (Wildman–Crippen MR) is 128 cm³/mol. The van der Waals surface area contributed by atoms with Gasteiger partial charge in [0.1, 0.15) is 6.07 Å². The van der Waals surface area contributed by atoms with Gasteiger partial charge in [0.05, 0.1) is 23.3 Å². The summed E-state index contributed by atoms with van der Waals surface area (Å²) in [5.41, 5.74) is 8.39. The molecule has 172 valence electrons. The number of primary amides is 1. The minimum atomic E-state index is -0.686. The summed E-state index contributed by atoms with van der Waals surface area (Å²) in [7, 11) is 0. The third-order valence-electron chi connectivity index (χ3n) is 6.10. The number of urea groups is 1. The summed E-state index contributed by atoms with van der Waals surface area (Å²) in [6.45, 7) is 0. The molecule has 0 bridgehead atoms. The van der Waals surface area contributed by atoms with Gasteiger partial charge in [0, 0.05) is 11.8 Å². The molecule has 1 heterocycles. The second-order valence-corrected chi connectivity index (χ2v) is 8.49. The van der Waals surface area contributed by atoms with Crippen molar-refractivity contribution in [2.75, 3.05) is 5.32 Å². The Bertz CT molecular complexity index is 1230. The summed E-state index contributed by atoms with van der Waals surface area (Å²) < 4.78 is 0. The molecular weight excluding hydrogens is 428 g/mol. The van der Waals surface area contributed by atoms with Crippen LogP contribution < -0.4 is 16.4 Å². The Labute approximate surface area is 198 Å². The van der Waals surface area contributed by atoms with Crippen LogP contribution >= 0.6 is 0 Å². The standard InChI is InChI=1S/C26H26N6O2/c27-17-24-29-14-11-22(31-24)26(12-5-2-6-13-26)32-25(34)30-21-15-18(16-23(28)33)9-10-20(21)19-7-3-1-4-8-19/h1,3-4,7-11,14-15H,2,5-6,12-13,16H2,(H2,28,33)(H2,30,32,34). The van der Waals surface area contributed by atoms with Crippen molar-refractivity contribution in [3.05, 3.63) is 77.9 Å². The van der Waals surface area contributed by atoms with Gasteiger partial charge in [-0.15, -0.1) is 0 Å². The molecule has 8 nitrogen and oxygen atoms in total. The summed E-state index contributed by atoms with van der Waals surface area (Å²) in [6.07, 6.45) is 6.02. The normalized spacial score (nSPS) is 14.6. The first-order valence-corrected chi connectivity index (χ1v) is 11.3. The average Bonchev–Trinajstić information content (AvgIpc) is 2.85. The Morgan fingerprint density at radius 1 is 1.06 bits per heavy atom. The number of carbonyl (C=O) groups is 2. The zero-order valence-electron chi connectivity index (χ0n) is 18.8. The van der Waals surface area contributed by atoms with Gasteiger partial charge < -0.3 is 16.4 Å². The van der Waals surface area contributed by atoms with E-state index in [1.165, 1.54) is 0 Å². The van der Waals surface area contributed by atoms with Gasteiger partial charge in [-0.2, -0.15) is 5.26 Å². The van der Waals surface area contributed by atoms with Gasteiger partial charge >= 0.3 is 6.03 Å². The summed E-state index contributed by atoms with van der Waals surface area (Å²) in [5, 5.41) is 15.4. The first-order valence-electron chi connectivity index (χ1n) is 11.3. The number of nitrogens with zero attached hydrogens (tertiary/aromatic N) is 3. The van der Waals surface area contributed by atoms with E-state index in [1.54, 1.807) is 18.3 Å². The fraction of sp³-hybridized carbons (Fsp3) is 0.269. The highest BCUT2D eigenvalue weighted by atomic mass is 16.2. The highest BCUT2D eigenvalue weighted by Gasteiger charge is 2.37. The molecule has 3 aromatic rings. The fourth-order valence-corrected chi connectivity index (χ4v) is 4.53. The second kappa shape index (κ2) is 10.1. The first kappa shape index (κ1) is 22.9. The molecule has 1 saturated carbocycles. The number of amides is 3. The van der Waals surface area contributed by atoms with Crippen molar-refractivity contribution in [3.8, 4) is 17.2 Å². The molecule has 4 rings (SSSR count). The number of anilines is 1. The number of nitriles is 1. The molecule has 0 aliphatic heterocycles. The van der Waals surface area contributed by atoms with Crippen LogP contribution in [0.2, 0.25) is 0 Å². The third kappa shape index (κ3) is 5.21. The van der Waals surface area contributed by atoms with E-state index in [-0.39, 0.29) is 18.3 Å². The quantitative estimate of drug-likeness (QED) is 0.517. The monoisotopic (exact) mass is 454 g/mol. The SMILES string of the molecule is N#Cc1nccc(C2(NC(=O)Nc3cc(CC(N)=O)ccc3-c3ccccc3)CCCCC2)n1. The molecule has 2 aromatic carbocycles. The number of aromatic nitrogens is 2. The van der Waals surface area contributed by atoms with E-state index in [2.05, 4.69) is 20.6 Å². The maximum atomic E-state index is 13.3. The van der Waals surface area contributed by atoms with Crippen molar-refractivity contribution >= 4 is 17.6 Å². The molecule has 1 fully saturated rings. The number of nitrogens with two attached hydrogens (primary N) is 1. The van der Waals surface area contributed by atoms with E-state index >= 15 is 0 Å². The molecule has 4 N–H and O–H groups in total. The summed E-state index contributed by atoms with van der Waals surface area (Å²) in [5.74, 6) is -0.365. The number of hydrogen-bond acceptors (Lipinski definition) is 5. The molecule has 1 aliphatic rings. The topological polar surface area (TPSA) is 134 Å². The zero-order chi connectivity index (χ0) is 24.0. The van der Waals surface area contributed by atoms with E-state index in [1.807, 2.05) is 48.5 Å². The Balaban J connectivity index is 1.65. The van der Waals surface area contributed by atoms with Gasteiger partial charge in [-0.3, -0.25) is 4.79 Å². The van der Waals surface area contributed by atoms with Gasteiger partial charge in [0.15, 0.2) is 0 Å². The largest absolute Gasteiger partial charge is 0.369 e. The summed E-state index contributed by atoms with van der Waals surface area (Å²) in [4.78, 5) is 33.1. The number of rotatable bonds is 6. The summed E-state index contributed by atoms with van der Waals surface area (Å²) >= 11 is 0. The first-order chi connectivity index (χ1) is 16.5. The van der Waals surface area contributed by atoms with Gasteiger partial charge in [-0.25, -0.2) is 14.8 Å². The maximum Gasteiger partial charge on any atom is 0.320 e. The van der Waals surface area contributed by atoms with Crippen molar-refractivity contribution in [2.45, 2.75) is 44.1 Å². The minimum absolute atomic E-state index is 0.0766. The van der Waals surface area contributed by atoms with Crippen LogP contribution in [0.4, 0.5) is 10.5 Å². The summed E-state index contributed by atoms with van der Waals surface area (Å²) in [6, 6.07) is 18.5. The highest BCUT2D eigenvalue weighted by Crippen LogP contribution is 2.36. The van der Waals surface area contributed by atoms with Crippen LogP contribution in [0.15, 0.2) is 60.8 Å². The van der Waals surface area contributed by atoms with Crippen LogP contribution in [0.5, 0.6) is 0 Å². The molecule has 1 aromatic heterocycles. The van der Waals surface area contributed by atoms with Crippen molar-refractivity contribution < 1.29 is 9.59 Å². The lowest BCUT2D eigenvalue weighted by Crippen LogP contribution is -2.49. The third-order valence-corrected chi connectivity index (χ3v) is 6.10. The van der Waals surface area contributed by atoms with E-state index in [9.17, 15) is 14.9 Å². The van der Waals surface area contributed by atoms with E-state index in [0.29, 0.717) is 16.9 Å². The Kier molecular flexibility index (Phi) is 6.83. The van der Waals surface area contributed by atoms with E-state index < -0.39 is 11.4 Å². The number of carbonyl (C=O) groups excluding carboxylic acids is 2. The lowest BCUT2D eigenvalue weighted by molar-refractivity contribution is -0.117. The molecule has 8 heteroatoms. The number of hydrogen-bond donors (Lipinski definition) is 3. The van der Waals surface area contributed by atoms with Crippen LogP contribution in [0.1, 0.15) is 49.2 Å². The van der Waals surface area contributed by atoms with Gasteiger partial charge in [-0.1, -0.05) is 61.7 Å². The molecule has 0 atom stereocenters. The number of nitrogens with one attached hydrogen (secondary N) is 2. The molecule has 0 spiro atoms. The molecule has 3 amide bonds. The van der Waals surface area contributed by atoms with Gasteiger partial charge in [-0.05, 0) is 36.1 Å². The Morgan fingerprint density at radius 2 is 1.82 bits per heavy atom. The van der Waals surface area contributed by atoms with Crippen molar-refractivity contribution in [2.24, 2.45) is 5.73 Å². The van der Waals surface area contributed by atoms with Crippen molar-refractivity contribution in [3.63, 3.8) is 0 Å². The molecule has 34 heavy (non-hydrogen) atoms. The van der Waals surface area contributed by atoms with Crippen molar-refractivity contribution in [1.82, 2.24) is 15.3 Å². The van der Waals surface area contributed by atoms with E-state index in [4.69, 9.17) is 5.73 Å². The van der Waals surface area contributed by atoms with Crippen LogP contribution in [0.3, 0.4) is 0 Å². The van der Waals surface area contributed by atoms with E-state index in [0.717, 1.165) is 43.2 Å². The lowest BCUT2D eigenvalue weighted by atomic mass is 9.79. The molecule has 0 saturated heterocycles. The van der Waals surface area contributed by atoms with Crippen LogP contribution in [-0.4, -0.2) is 21.9 Å². The molecule has 1 aliphatic carbocycles. The fourth-order valence-electron chi connectivity index (χ4n) is 4.53. The number of benzene rings is 2. The molecule has 0 radical (unpaired) electrons. The van der Waals surface area contributed by atoms with Crippen LogP contribution in [0, 0.1) is 11.3 Å². The molecule has 0 unspecified atom stereocenters.